The zero-order chi connectivity index (χ0) is 32.7. The third-order valence-electron chi connectivity index (χ3n) is 7.64. The van der Waals surface area contributed by atoms with Crippen LogP contribution in [-0.4, -0.2) is 101 Å². The summed E-state index contributed by atoms with van der Waals surface area (Å²) < 4.78 is 27.8. The fraction of sp³-hybridized carbons (Fsp3) is 0.906. The molecule has 0 bridgehead atoms. The Bertz CT molecular complexity index is 778. The highest BCUT2D eigenvalue weighted by atomic mass is 16.7. The zero-order valence-corrected chi connectivity index (χ0v) is 27.0. The second-order valence-electron chi connectivity index (χ2n) is 11.6. The van der Waals surface area contributed by atoms with Gasteiger partial charge in [-0.3, -0.25) is 14.4 Å². The van der Waals surface area contributed by atoms with Crippen LogP contribution in [0.4, 0.5) is 0 Å². The van der Waals surface area contributed by atoms with Crippen molar-refractivity contribution in [1.82, 2.24) is 0 Å². The van der Waals surface area contributed by atoms with Crippen LogP contribution < -0.4 is 0 Å². The summed E-state index contributed by atoms with van der Waals surface area (Å²) >= 11 is 0. The van der Waals surface area contributed by atoms with Crippen LogP contribution in [0.3, 0.4) is 0 Å². The largest absolute Gasteiger partial charge is 0.463 e. The van der Waals surface area contributed by atoms with Gasteiger partial charge in [0.25, 0.3) is 0 Å². The van der Waals surface area contributed by atoms with Crippen molar-refractivity contribution in [2.24, 2.45) is 0 Å². The van der Waals surface area contributed by atoms with Crippen LogP contribution in [0.15, 0.2) is 0 Å². The van der Waals surface area contributed by atoms with E-state index in [4.69, 9.17) is 28.8 Å². The smallest absolute Gasteiger partial charge is 0.306 e. The van der Waals surface area contributed by atoms with Gasteiger partial charge in [-0.05, 0) is 12.8 Å². The number of ether oxygens (including phenoxy) is 5. The number of esters is 3. The van der Waals surface area contributed by atoms with Gasteiger partial charge in [-0.25, -0.2) is 0 Å². The minimum Gasteiger partial charge on any atom is -0.463 e. The molecule has 1 rings (SSSR count). The van der Waals surface area contributed by atoms with Gasteiger partial charge in [-0.2, -0.15) is 0 Å². The predicted octanol–water partition coefficient (Wildman–Crippen LogP) is 3.47. The average molecular weight is 635 g/mol. The van der Waals surface area contributed by atoms with Crippen molar-refractivity contribution in [3.63, 3.8) is 0 Å². The summed E-state index contributed by atoms with van der Waals surface area (Å²) in [7, 11) is 0. The molecule has 12 nitrogen and oxygen atoms in total. The number of aliphatic hydroxyl groups excluding tert-OH is 4. The van der Waals surface area contributed by atoms with E-state index in [1.54, 1.807) is 0 Å². The van der Waals surface area contributed by atoms with Crippen LogP contribution in [0.1, 0.15) is 124 Å². The van der Waals surface area contributed by atoms with Crippen molar-refractivity contribution >= 4 is 17.9 Å². The van der Waals surface area contributed by atoms with Gasteiger partial charge in [0.15, 0.2) is 18.5 Å². The van der Waals surface area contributed by atoms with Gasteiger partial charge in [0.2, 0.25) is 0 Å². The highest BCUT2D eigenvalue weighted by Gasteiger charge is 2.51. The summed E-state index contributed by atoms with van der Waals surface area (Å²) in [4.78, 5) is 37.2. The fourth-order valence-corrected chi connectivity index (χ4v) is 4.92. The maximum atomic E-state index is 12.9. The van der Waals surface area contributed by atoms with Crippen molar-refractivity contribution in [2.45, 2.75) is 166 Å². The second-order valence-corrected chi connectivity index (χ2v) is 11.6. The van der Waals surface area contributed by atoms with Crippen LogP contribution in [-0.2, 0) is 38.1 Å². The van der Waals surface area contributed by atoms with Gasteiger partial charge >= 0.3 is 17.9 Å². The minimum atomic E-state index is -1.53. The molecular formula is C32H58O12. The Morgan fingerprint density at radius 1 is 0.727 bits per heavy atom. The highest BCUT2D eigenvalue weighted by Crippen LogP contribution is 2.29. The minimum absolute atomic E-state index is 0.0918. The first-order valence-corrected chi connectivity index (χ1v) is 16.6. The fourth-order valence-electron chi connectivity index (χ4n) is 4.92. The highest BCUT2D eigenvalue weighted by molar-refractivity contribution is 5.71. The first-order chi connectivity index (χ1) is 21.1. The Morgan fingerprint density at radius 2 is 1.20 bits per heavy atom. The molecule has 0 aromatic heterocycles. The molecule has 1 saturated heterocycles. The van der Waals surface area contributed by atoms with E-state index in [0.29, 0.717) is 12.8 Å². The second kappa shape index (κ2) is 24.4. The molecule has 0 amide bonds. The number of aliphatic hydroxyl groups is 4. The Labute approximate surface area is 262 Å². The Hall–Kier alpha value is -1.83. The van der Waals surface area contributed by atoms with Crippen LogP contribution in [0.5, 0.6) is 0 Å². The average Bonchev–Trinajstić information content (AvgIpc) is 3.00. The quantitative estimate of drug-likeness (QED) is 0.0654. The molecule has 4 N–H and O–H groups in total. The molecule has 7 atom stereocenters. The molecule has 1 aliphatic heterocycles. The molecule has 1 fully saturated rings. The lowest BCUT2D eigenvalue weighted by Gasteiger charge is -2.43. The molecule has 0 aromatic rings. The standard InChI is InChI=1S/C32H58O12/c1-4-6-8-10-12-14-16-18-27(37)43-30-29(39)26(22-40-23(3)34)42-32(41-21-25(36)24(35)20-33)31(30)44-28(38)19-17-15-13-11-9-7-5-2/h24-26,29-33,35-36,39H,4-22H2,1-3H3/t24-,25+,26-,29-,30+,31+,32-/m1/s1. The van der Waals surface area contributed by atoms with E-state index >= 15 is 0 Å². The number of carbonyl (C=O) groups is 3. The van der Waals surface area contributed by atoms with E-state index in [0.717, 1.165) is 64.2 Å². The van der Waals surface area contributed by atoms with Crippen LogP contribution in [0.2, 0.25) is 0 Å². The third kappa shape index (κ3) is 17.0. The molecule has 1 aliphatic rings. The third-order valence-corrected chi connectivity index (χ3v) is 7.64. The first kappa shape index (κ1) is 40.2. The number of rotatable bonds is 25. The molecule has 0 saturated carbocycles. The van der Waals surface area contributed by atoms with Crippen molar-refractivity contribution in [1.29, 1.82) is 0 Å². The molecule has 0 spiro atoms. The number of hydrogen-bond donors (Lipinski definition) is 4. The monoisotopic (exact) mass is 634 g/mol. The molecule has 44 heavy (non-hydrogen) atoms. The Balaban J connectivity index is 2.99. The lowest BCUT2D eigenvalue weighted by molar-refractivity contribution is -0.311. The molecular weight excluding hydrogens is 576 g/mol. The van der Waals surface area contributed by atoms with E-state index in [9.17, 15) is 29.7 Å². The normalized spacial score (nSPS) is 23.1. The van der Waals surface area contributed by atoms with Gasteiger partial charge in [0.1, 0.15) is 31.0 Å². The van der Waals surface area contributed by atoms with Gasteiger partial charge in [0.05, 0.1) is 13.2 Å². The van der Waals surface area contributed by atoms with E-state index in [1.807, 2.05) is 0 Å². The number of hydrogen-bond acceptors (Lipinski definition) is 12. The summed E-state index contributed by atoms with van der Waals surface area (Å²) in [5, 5.41) is 40.2. The zero-order valence-electron chi connectivity index (χ0n) is 27.0. The Kier molecular flexibility index (Phi) is 22.3. The summed E-state index contributed by atoms with van der Waals surface area (Å²) in [6.45, 7) is 3.82. The molecule has 0 radical (unpaired) electrons. The van der Waals surface area contributed by atoms with E-state index in [2.05, 4.69) is 13.8 Å². The molecule has 0 aromatic carbocycles. The van der Waals surface area contributed by atoms with Gasteiger partial charge in [-0.1, -0.05) is 90.9 Å². The topological polar surface area (TPSA) is 178 Å². The van der Waals surface area contributed by atoms with Crippen molar-refractivity contribution < 1.29 is 58.5 Å². The van der Waals surface area contributed by atoms with Gasteiger partial charge < -0.3 is 44.1 Å². The van der Waals surface area contributed by atoms with Crippen LogP contribution >= 0.6 is 0 Å². The van der Waals surface area contributed by atoms with Gasteiger partial charge in [-0.15, -0.1) is 0 Å². The lowest BCUT2D eigenvalue weighted by Crippen LogP contribution is -2.62. The maximum Gasteiger partial charge on any atom is 0.306 e. The van der Waals surface area contributed by atoms with Crippen molar-refractivity contribution in [3.05, 3.63) is 0 Å². The van der Waals surface area contributed by atoms with Gasteiger partial charge in [0, 0.05) is 19.8 Å². The van der Waals surface area contributed by atoms with E-state index in [1.165, 1.54) is 19.8 Å². The van der Waals surface area contributed by atoms with Crippen LogP contribution in [0.25, 0.3) is 0 Å². The van der Waals surface area contributed by atoms with E-state index in [-0.39, 0.29) is 12.8 Å². The van der Waals surface area contributed by atoms with Crippen molar-refractivity contribution in [2.75, 3.05) is 19.8 Å². The summed E-state index contributed by atoms with van der Waals surface area (Å²) in [6.07, 6.45) is 4.13. The Morgan fingerprint density at radius 3 is 1.68 bits per heavy atom. The number of carbonyl (C=O) groups excluding carboxylic acids is 3. The molecule has 12 heteroatoms. The van der Waals surface area contributed by atoms with E-state index < -0.39 is 80.6 Å². The SMILES string of the molecule is CCCCCCCCCC(=O)O[C@@H]1[C@H](OC[C@H](O)[C@H](O)CO)O[C@H](COC(C)=O)[C@@H](O)[C@@H]1OC(=O)CCCCCCCCC. The lowest BCUT2D eigenvalue weighted by atomic mass is 9.98. The van der Waals surface area contributed by atoms with Crippen molar-refractivity contribution in [3.8, 4) is 0 Å². The predicted molar refractivity (Wildman–Crippen MR) is 161 cm³/mol. The number of unbranched alkanes of at least 4 members (excludes halogenated alkanes) is 12. The molecule has 258 valence electrons. The summed E-state index contributed by atoms with van der Waals surface area (Å²) in [5.41, 5.74) is 0. The maximum absolute atomic E-state index is 12.9. The molecule has 0 aliphatic carbocycles. The summed E-state index contributed by atoms with van der Waals surface area (Å²) in [6, 6.07) is 0. The summed E-state index contributed by atoms with van der Waals surface area (Å²) in [5.74, 6) is -1.83. The first-order valence-electron chi connectivity index (χ1n) is 16.6. The van der Waals surface area contributed by atoms with Crippen LogP contribution in [0, 0.1) is 0 Å². The molecule has 0 unspecified atom stereocenters. The molecule has 1 heterocycles.